The molecule has 2 N–H and O–H groups in total. The van der Waals surface area contributed by atoms with Crippen molar-refractivity contribution in [2.75, 3.05) is 17.2 Å². The van der Waals surface area contributed by atoms with E-state index in [4.69, 9.17) is 11.6 Å². The van der Waals surface area contributed by atoms with E-state index in [0.717, 1.165) is 6.33 Å². The number of alkyl halides is 3. The highest BCUT2D eigenvalue weighted by Gasteiger charge is 2.32. The van der Waals surface area contributed by atoms with Gasteiger partial charge < -0.3 is 15.2 Å². The average molecular weight is 443 g/mol. The third kappa shape index (κ3) is 5.11. The van der Waals surface area contributed by atoms with Crippen LogP contribution in [0, 0.1) is 10.1 Å². The second-order valence-electron chi connectivity index (χ2n) is 5.93. The molecule has 3 aromatic heterocycles. The van der Waals surface area contributed by atoms with E-state index in [9.17, 15) is 23.3 Å². The van der Waals surface area contributed by atoms with Crippen molar-refractivity contribution in [3.63, 3.8) is 0 Å². The predicted molar refractivity (Wildman–Crippen MR) is 102 cm³/mol. The Morgan fingerprint density at radius 2 is 1.97 bits per heavy atom. The first-order valence-corrected chi connectivity index (χ1v) is 8.82. The second-order valence-corrected chi connectivity index (χ2v) is 6.34. The second kappa shape index (κ2) is 8.90. The fraction of sp³-hybridized carbons (Fsp3) is 0.250. The molecule has 0 atom stereocenters. The highest BCUT2D eigenvalue weighted by Crippen LogP contribution is 2.35. The monoisotopic (exact) mass is 442 g/mol. The standard InChI is InChI=1S/C16H14ClF3N8O2/c17-11-6-10(16(18,19)20)7-23-13(11)26-15-12(28(29)30)14(24-8-25-15)22-2-1-4-27-5-3-21-9-27/h3,5-9H,1-2,4H2,(H2,22,23,24,25,26). The molecule has 14 heteroatoms. The molecule has 0 aliphatic rings. The van der Waals surface area contributed by atoms with Gasteiger partial charge in [0.25, 0.3) is 0 Å². The van der Waals surface area contributed by atoms with Crippen LogP contribution in [0.3, 0.4) is 0 Å². The SMILES string of the molecule is O=[N+]([O-])c1c(NCCCn2ccnc2)ncnc1Nc1ncc(C(F)(F)F)cc1Cl. The van der Waals surface area contributed by atoms with Crippen molar-refractivity contribution >= 4 is 34.7 Å². The van der Waals surface area contributed by atoms with Crippen LogP contribution in [0.1, 0.15) is 12.0 Å². The minimum absolute atomic E-state index is 0.0498. The third-order valence-electron chi connectivity index (χ3n) is 3.85. The normalized spacial score (nSPS) is 11.3. The van der Waals surface area contributed by atoms with E-state index in [1.807, 2.05) is 4.57 Å². The number of hydrogen-bond donors (Lipinski definition) is 2. The number of aromatic nitrogens is 5. The lowest BCUT2D eigenvalue weighted by Gasteiger charge is -2.12. The van der Waals surface area contributed by atoms with Crippen LogP contribution in [-0.2, 0) is 12.7 Å². The van der Waals surface area contributed by atoms with E-state index < -0.39 is 22.4 Å². The molecule has 3 rings (SSSR count). The Balaban J connectivity index is 1.76. The van der Waals surface area contributed by atoms with Crippen LogP contribution < -0.4 is 10.6 Å². The van der Waals surface area contributed by atoms with Crippen LogP contribution in [0.4, 0.5) is 36.3 Å². The van der Waals surface area contributed by atoms with Gasteiger partial charge in [-0.05, 0) is 12.5 Å². The van der Waals surface area contributed by atoms with Crippen molar-refractivity contribution < 1.29 is 18.1 Å². The molecule has 0 bridgehead atoms. The molecule has 3 heterocycles. The predicted octanol–water partition coefficient (Wildman–Crippen LogP) is 3.89. The fourth-order valence-electron chi connectivity index (χ4n) is 2.46. The highest BCUT2D eigenvalue weighted by atomic mass is 35.5. The van der Waals surface area contributed by atoms with Crippen LogP contribution in [0.5, 0.6) is 0 Å². The summed E-state index contributed by atoms with van der Waals surface area (Å²) in [5, 5.41) is 16.5. The molecule has 10 nitrogen and oxygen atoms in total. The fourth-order valence-corrected chi connectivity index (χ4v) is 2.67. The number of nitro groups is 1. The number of imidazole rings is 1. The van der Waals surface area contributed by atoms with Crippen LogP contribution >= 0.6 is 11.6 Å². The van der Waals surface area contributed by atoms with Crippen molar-refractivity contribution in [2.45, 2.75) is 19.1 Å². The molecule has 0 fully saturated rings. The van der Waals surface area contributed by atoms with Gasteiger partial charge in [0, 0.05) is 31.7 Å². The number of nitrogens with one attached hydrogen (secondary N) is 2. The van der Waals surface area contributed by atoms with Gasteiger partial charge in [-0.1, -0.05) is 11.6 Å². The van der Waals surface area contributed by atoms with E-state index in [2.05, 4.69) is 30.6 Å². The van der Waals surface area contributed by atoms with E-state index in [-0.39, 0.29) is 22.5 Å². The maximum Gasteiger partial charge on any atom is 0.417 e. The minimum atomic E-state index is -4.62. The number of aryl methyl sites for hydroxylation is 1. The van der Waals surface area contributed by atoms with E-state index in [0.29, 0.717) is 31.8 Å². The Hall–Kier alpha value is -3.48. The van der Waals surface area contributed by atoms with Gasteiger partial charge in [0.1, 0.15) is 6.33 Å². The number of rotatable bonds is 8. The van der Waals surface area contributed by atoms with Gasteiger partial charge in [0.05, 0.1) is 21.8 Å². The van der Waals surface area contributed by atoms with Gasteiger partial charge in [0.15, 0.2) is 5.82 Å². The van der Waals surface area contributed by atoms with Crippen molar-refractivity contribution in [3.05, 3.63) is 58.0 Å². The van der Waals surface area contributed by atoms with Crippen molar-refractivity contribution in [1.29, 1.82) is 0 Å². The Kier molecular flexibility index (Phi) is 6.30. The zero-order chi connectivity index (χ0) is 21.7. The first-order valence-electron chi connectivity index (χ1n) is 8.44. The van der Waals surface area contributed by atoms with E-state index in [1.54, 1.807) is 18.7 Å². The molecule has 0 radical (unpaired) electrons. The van der Waals surface area contributed by atoms with Gasteiger partial charge in [-0.2, -0.15) is 13.2 Å². The Bertz CT molecular complexity index is 1030. The average Bonchev–Trinajstić information content (AvgIpc) is 3.19. The molecule has 0 amide bonds. The first-order chi connectivity index (χ1) is 14.3. The summed E-state index contributed by atoms with van der Waals surface area (Å²) >= 11 is 5.85. The smallest absolute Gasteiger partial charge is 0.364 e. The van der Waals surface area contributed by atoms with Crippen molar-refractivity contribution in [2.24, 2.45) is 0 Å². The van der Waals surface area contributed by atoms with Crippen LogP contribution in [-0.4, -0.2) is 36.0 Å². The molecular formula is C16H14ClF3N8O2. The minimum Gasteiger partial charge on any atom is -0.364 e. The summed E-state index contributed by atoms with van der Waals surface area (Å²) in [6, 6.07) is 0.666. The van der Waals surface area contributed by atoms with Gasteiger partial charge >= 0.3 is 11.9 Å². The zero-order valence-electron chi connectivity index (χ0n) is 15.1. The van der Waals surface area contributed by atoms with Gasteiger partial charge in [0.2, 0.25) is 11.6 Å². The number of hydrogen-bond acceptors (Lipinski definition) is 8. The summed E-state index contributed by atoms with van der Waals surface area (Å²) < 4.78 is 40.1. The topological polar surface area (TPSA) is 124 Å². The first kappa shape index (κ1) is 21.2. The molecular weight excluding hydrogens is 429 g/mol. The Labute approximate surface area is 172 Å². The van der Waals surface area contributed by atoms with E-state index >= 15 is 0 Å². The van der Waals surface area contributed by atoms with Crippen LogP contribution in [0.15, 0.2) is 37.3 Å². The maximum atomic E-state index is 12.7. The lowest BCUT2D eigenvalue weighted by Crippen LogP contribution is -2.11. The molecule has 0 aliphatic heterocycles. The summed E-state index contributed by atoms with van der Waals surface area (Å²) in [5.74, 6) is -0.523. The Morgan fingerprint density at radius 1 is 1.20 bits per heavy atom. The van der Waals surface area contributed by atoms with Crippen LogP contribution in [0.2, 0.25) is 5.02 Å². The molecule has 0 saturated carbocycles. The summed E-state index contributed by atoms with van der Waals surface area (Å²) in [6.07, 6.45) is 2.73. The lowest BCUT2D eigenvalue weighted by molar-refractivity contribution is -0.383. The molecule has 0 aliphatic carbocycles. The summed E-state index contributed by atoms with van der Waals surface area (Å²) in [4.78, 5) is 26.0. The van der Waals surface area contributed by atoms with Crippen molar-refractivity contribution in [3.8, 4) is 0 Å². The van der Waals surface area contributed by atoms with Gasteiger partial charge in [-0.3, -0.25) is 10.1 Å². The molecule has 0 unspecified atom stereocenters. The number of anilines is 3. The molecule has 158 valence electrons. The molecule has 3 aromatic rings. The molecule has 0 aromatic carbocycles. The van der Waals surface area contributed by atoms with Crippen molar-refractivity contribution in [1.82, 2.24) is 24.5 Å². The maximum absolute atomic E-state index is 12.7. The van der Waals surface area contributed by atoms with Gasteiger partial charge in [-0.25, -0.2) is 19.9 Å². The largest absolute Gasteiger partial charge is 0.417 e. The van der Waals surface area contributed by atoms with E-state index in [1.165, 1.54) is 0 Å². The quantitative estimate of drug-likeness (QED) is 0.306. The molecule has 0 saturated heterocycles. The highest BCUT2D eigenvalue weighted by molar-refractivity contribution is 6.33. The third-order valence-corrected chi connectivity index (χ3v) is 4.14. The summed E-state index contributed by atoms with van der Waals surface area (Å²) in [7, 11) is 0. The molecule has 30 heavy (non-hydrogen) atoms. The number of nitrogens with zero attached hydrogens (tertiary/aromatic N) is 6. The summed E-state index contributed by atoms with van der Waals surface area (Å²) in [6.45, 7) is 1.01. The lowest BCUT2D eigenvalue weighted by atomic mass is 10.2. The van der Waals surface area contributed by atoms with Crippen LogP contribution in [0.25, 0.3) is 0 Å². The summed E-state index contributed by atoms with van der Waals surface area (Å²) in [5.41, 5.74) is -1.53. The number of pyridine rings is 1. The van der Waals surface area contributed by atoms with Gasteiger partial charge in [-0.15, -0.1) is 0 Å². The molecule has 0 spiro atoms. The Morgan fingerprint density at radius 3 is 2.60 bits per heavy atom. The zero-order valence-corrected chi connectivity index (χ0v) is 15.9. The number of halogens is 4.